The first-order valence-corrected chi connectivity index (χ1v) is 12.4. The Balaban J connectivity index is 1.85. The van der Waals surface area contributed by atoms with E-state index in [0.717, 1.165) is 12.1 Å². The van der Waals surface area contributed by atoms with Crippen LogP contribution in [-0.4, -0.2) is 4.98 Å². The summed E-state index contributed by atoms with van der Waals surface area (Å²) in [4.78, 5) is 4.87. The molecule has 3 heteroatoms. The molecule has 156 valence electrons. The van der Waals surface area contributed by atoms with Crippen LogP contribution in [0.4, 0.5) is 0 Å². The molecule has 0 N–H and O–H groups in total. The molecule has 0 saturated heterocycles. The molecule has 0 bridgehead atoms. The van der Waals surface area contributed by atoms with Gasteiger partial charge in [0.25, 0.3) is 0 Å². The first-order valence-electron chi connectivity index (χ1n) is 11.1. The summed E-state index contributed by atoms with van der Waals surface area (Å²) in [5.41, 5.74) is 0.722. The van der Waals surface area contributed by atoms with Crippen molar-refractivity contribution in [3.8, 4) is 0 Å². The molecule has 1 heterocycles. The smallest absolute Gasteiger partial charge is 0.118 e. The fraction of sp³-hybridized carbons (Fsp3) is 0.370. The van der Waals surface area contributed by atoms with Gasteiger partial charge in [-0.2, -0.15) is 0 Å². The topological polar surface area (TPSA) is 22.1 Å². The molecular weight excluding hydrogens is 385 g/mol. The van der Waals surface area contributed by atoms with Crippen molar-refractivity contribution in [2.75, 3.05) is 0 Å². The van der Waals surface area contributed by atoms with Gasteiger partial charge in [-0.15, -0.1) is 0 Å². The summed E-state index contributed by atoms with van der Waals surface area (Å²) in [5.74, 6) is 1.59. The van der Waals surface area contributed by atoms with Crippen LogP contribution in [-0.2, 0) is 10.1 Å². The molecule has 1 aromatic heterocycles. The number of rotatable bonds is 6. The average molecular weight is 418 g/mol. The summed E-state index contributed by atoms with van der Waals surface area (Å²) in [6, 6.07) is 27.8. The fourth-order valence-corrected chi connectivity index (χ4v) is 6.97. The molecule has 3 atom stereocenters. The molecule has 2 nitrogen and oxygen atoms in total. The van der Waals surface area contributed by atoms with Crippen LogP contribution in [0.2, 0.25) is 0 Å². The van der Waals surface area contributed by atoms with Gasteiger partial charge in [-0.1, -0.05) is 93.9 Å². The average Bonchev–Trinajstić information content (AvgIpc) is 2.79. The summed E-state index contributed by atoms with van der Waals surface area (Å²) in [6.45, 7) is 7.05. The fourth-order valence-electron chi connectivity index (χ4n) is 4.94. The third-order valence-corrected chi connectivity index (χ3v) is 8.40. The second kappa shape index (κ2) is 9.41. The minimum Gasteiger partial charge on any atom is -0.337 e. The van der Waals surface area contributed by atoms with Crippen molar-refractivity contribution in [2.24, 2.45) is 17.8 Å². The first-order chi connectivity index (χ1) is 14.6. The number of benzene rings is 2. The van der Waals surface area contributed by atoms with E-state index in [2.05, 4.69) is 93.6 Å². The Bertz CT molecular complexity index is 876. The van der Waals surface area contributed by atoms with E-state index in [1.54, 1.807) is 0 Å². The maximum absolute atomic E-state index is 7.38. The number of hydrogen-bond acceptors (Lipinski definition) is 2. The standard InChI is InChI=1S/C27H32NOP/c1-21(2)25-18-17-22(3)20-27(25,26-16-10-11-19-28-26)29-30(23-12-6-4-7-13-23)24-14-8-5-9-15-24/h4-16,19,21-22,25H,17-18,20H2,1-3H3/t22-,25+,27+/m0/s1. The molecule has 0 radical (unpaired) electrons. The summed E-state index contributed by atoms with van der Waals surface area (Å²) in [7, 11) is -0.956. The maximum Gasteiger partial charge on any atom is 0.118 e. The van der Waals surface area contributed by atoms with Crippen LogP contribution < -0.4 is 10.6 Å². The summed E-state index contributed by atoms with van der Waals surface area (Å²) in [6.07, 6.45) is 5.38. The van der Waals surface area contributed by atoms with Crippen molar-refractivity contribution in [1.29, 1.82) is 0 Å². The molecule has 1 aliphatic rings. The zero-order valence-corrected chi connectivity index (χ0v) is 19.1. The van der Waals surface area contributed by atoms with Gasteiger partial charge < -0.3 is 4.52 Å². The van der Waals surface area contributed by atoms with Gasteiger partial charge in [-0.25, -0.2) is 0 Å². The van der Waals surface area contributed by atoms with Crippen LogP contribution in [0.1, 0.15) is 45.7 Å². The SMILES string of the molecule is CC(C)[C@H]1CC[C@H](C)C[C@]1(OP(c1ccccc1)c1ccccc1)c1ccccn1. The number of aromatic nitrogens is 1. The Hall–Kier alpha value is -2.02. The molecule has 4 rings (SSSR count). The van der Waals surface area contributed by atoms with Crippen LogP contribution in [0.3, 0.4) is 0 Å². The number of hydrogen-bond donors (Lipinski definition) is 0. The molecule has 0 spiro atoms. The molecule has 1 fully saturated rings. The van der Waals surface area contributed by atoms with E-state index in [-0.39, 0.29) is 5.60 Å². The minimum atomic E-state index is -0.956. The van der Waals surface area contributed by atoms with Crippen molar-refractivity contribution in [1.82, 2.24) is 4.98 Å². The van der Waals surface area contributed by atoms with Gasteiger partial charge in [0, 0.05) is 16.8 Å². The molecule has 2 aromatic carbocycles. The van der Waals surface area contributed by atoms with E-state index in [1.807, 2.05) is 12.3 Å². The predicted molar refractivity (Wildman–Crippen MR) is 127 cm³/mol. The molecule has 1 aliphatic carbocycles. The van der Waals surface area contributed by atoms with Crippen LogP contribution in [0.25, 0.3) is 0 Å². The van der Waals surface area contributed by atoms with Crippen LogP contribution in [0.5, 0.6) is 0 Å². The van der Waals surface area contributed by atoms with E-state index >= 15 is 0 Å². The van der Waals surface area contributed by atoms with Crippen molar-refractivity contribution in [3.63, 3.8) is 0 Å². The minimum absolute atomic E-state index is 0.371. The summed E-state index contributed by atoms with van der Waals surface area (Å²) < 4.78 is 7.38. The molecule has 1 saturated carbocycles. The highest BCUT2D eigenvalue weighted by Gasteiger charge is 2.49. The van der Waals surface area contributed by atoms with Crippen molar-refractivity contribution in [3.05, 3.63) is 90.8 Å². The molecular formula is C27H32NOP. The zero-order chi connectivity index (χ0) is 21.0. The van der Waals surface area contributed by atoms with Gasteiger partial charge in [0.05, 0.1) is 13.8 Å². The van der Waals surface area contributed by atoms with Crippen LogP contribution in [0.15, 0.2) is 85.1 Å². The van der Waals surface area contributed by atoms with E-state index in [0.29, 0.717) is 17.8 Å². The van der Waals surface area contributed by atoms with Crippen molar-refractivity contribution >= 4 is 18.8 Å². The van der Waals surface area contributed by atoms with Crippen molar-refractivity contribution in [2.45, 2.75) is 45.6 Å². The summed E-state index contributed by atoms with van der Waals surface area (Å²) >= 11 is 0. The lowest BCUT2D eigenvalue weighted by atomic mass is 9.65. The first kappa shape index (κ1) is 21.2. The second-order valence-electron chi connectivity index (χ2n) is 8.90. The molecule has 3 aromatic rings. The quantitative estimate of drug-likeness (QED) is 0.431. The zero-order valence-electron chi connectivity index (χ0n) is 18.2. The molecule has 0 unspecified atom stereocenters. The Morgan fingerprint density at radius 2 is 1.47 bits per heavy atom. The Morgan fingerprint density at radius 3 is 2.00 bits per heavy atom. The highest BCUT2D eigenvalue weighted by atomic mass is 31.1. The Labute approximate surface area is 182 Å². The summed E-state index contributed by atoms with van der Waals surface area (Å²) in [5, 5.41) is 2.52. The van der Waals surface area contributed by atoms with E-state index < -0.39 is 8.15 Å². The van der Waals surface area contributed by atoms with Gasteiger partial charge in [0.15, 0.2) is 0 Å². The highest BCUT2D eigenvalue weighted by molar-refractivity contribution is 7.68. The highest BCUT2D eigenvalue weighted by Crippen LogP contribution is 2.55. The number of nitrogens with zero attached hydrogens (tertiary/aromatic N) is 1. The third-order valence-electron chi connectivity index (χ3n) is 6.36. The monoisotopic (exact) mass is 417 g/mol. The largest absolute Gasteiger partial charge is 0.337 e. The normalized spacial score (nSPS) is 24.3. The van der Waals surface area contributed by atoms with Crippen LogP contribution >= 0.6 is 8.15 Å². The van der Waals surface area contributed by atoms with E-state index in [9.17, 15) is 0 Å². The molecule has 0 amide bonds. The maximum atomic E-state index is 7.38. The molecule has 0 aliphatic heterocycles. The Morgan fingerprint density at radius 1 is 0.867 bits per heavy atom. The lowest BCUT2D eigenvalue weighted by Crippen LogP contribution is -2.46. The third kappa shape index (κ3) is 4.36. The second-order valence-corrected chi connectivity index (χ2v) is 10.7. The molecule has 30 heavy (non-hydrogen) atoms. The predicted octanol–water partition coefficient (Wildman–Crippen LogP) is 6.43. The van der Waals surface area contributed by atoms with Gasteiger partial charge in [-0.05, 0) is 42.7 Å². The Kier molecular flexibility index (Phi) is 6.66. The van der Waals surface area contributed by atoms with Gasteiger partial charge >= 0.3 is 0 Å². The van der Waals surface area contributed by atoms with E-state index in [4.69, 9.17) is 9.51 Å². The lowest BCUT2D eigenvalue weighted by molar-refractivity contribution is -0.0583. The lowest BCUT2D eigenvalue weighted by Gasteiger charge is -2.49. The van der Waals surface area contributed by atoms with Gasteiger partial charge in [0.2, 0.25) is 0 Å². The van der Waals surface area contributed by atoms with Crippen molar-refractivity contribution < 1.29 is 4.52 Å². The van der Waals surface area contributed by atoms with Gasteiger partial charge in [0.1, 0.15) is 5.60 Å². The number of pyridine rings is 1. The van der Waals surface area contributed by atoms with Crippen LogP contribution in [0, 0.1) is 17.8 Å². The van der Waals surface area contributed by atoms with Gasteiger partial charge in [-0.3, -0.25) is 4.98 Å². The van der Waals surface area contributed by atoms with E-state index in [1.165, 1.54) is 23.5 Å².